The number of Topliss-reactive ketones (excluding diaryl/α,β-unsaturated/α-hetero) is 1. The Morgan fingerprint density at radius 2 is 1.90 bits per heavy atom. The van der Waals surface area contributed by atoms with Crippen LogP contribution in [0.5, 0.6) is 11.8 Å². The summed E-state index contributed by atoms with van der Waals surface area (Å²) in [7, 11) is 2.80. The van der Waals surface area contributed by atoms with Crippen molar-refractivity contribution in [2.24, 2.45) is 0 Å². The van der Waals surface area contributed by atoms with Gasteiger partial charge in [-0.15, -0.1) is 0 Å². The summed E-state index contributed by atoms with van der Waals surface area (Å²) >= 11 is 0. The fourth-order valence-electron chi connectivity index (χ4n) is 1.68. The van der Waals surface area contributed by atoms with Crippen LogP contribution in [0.3, 0.4) is 0 Å². The topological polar surface area (TPSA) is 81.5 Å². The van der Waals surface area contributed by atoms with Gasteiger partial charge < -0.3 is 14.6 Å². The standard InChI is InChI=1S/C14H14N2O4/c1-19-10-8-15-11(14(16-10)20-2)13(18)12(17)9-6-4-3-5-7-9/h3-8,12,17H,1-2H3. The Balaban J connectivity index is 2.33. The highest BCUT2D eigenvalue weighted by molar-refractivity contribution is 6.00. The van der Waals surface area contributed by atoms with Gasteiger partial charge in [0.15, 0.2) is 5.69 Å². The zero-order chi connectivity index (χ0) is 14.5. The number of hydrogen-bond donors (Lipinski definition) is 1. The Morgan fingerprint density at radius 1 is 1.20 bits per heavy atom. The molecule has 0 aliphatic rings. The van der Waals surface area contributed by atoms with Gasteiger partial charge in [0.2, 0.25) is 17.5 Å². The Labute approximate surface area is 116 Å². The number of hydrogen-bond acceptors (Lipinski definition) is 6. The second-order valence-corrected chi connectivity index (χ2v) is 3.95. The molecule has 0 saturated heterocycles. The number of methoxy groups -OCH3 is 2. The van der Waals surface area contributed by atoms with Crippen LogP contribution >= 0.6 is 0 Å². The summed E-state index contributed by atoms with van der Waals surface area (Å²) in [5.74, 6) is -0.333. The van der Waals surface area contributed by atoms with E-state index in [0.29, 0.717) is 5.56 Å². The average molecular weight is 274 g/mol. The van der Waals surface area contributed by atoms with Gasteiger partial charge in [-0.2, -0.15) is 4.98 Å². The lowest BCUT2D eigenvalue weighted by Crippen LogP contribution is -2.16. The molecular formula is C14H14N2O4. The van der Waals surface area contributed by atoms with Gasteiger partial charge in [-0.3, -0.25) is 4.79 Å². The number of ketones is 1. The van der Waals surface area contributed by atoms with E-state index in [1.807, 2.05) is 0 Å². The predicted octanol–water partition coefficient (Wildman–Crippen LogP) is 1.41. The number of ether oxygens (including phenoxy) is 2. The van der Waals surface area contributed by atoms with Gasteiger partial charge >= 0.3 is 0 Å². The number of nitrogens with zero attached hydrogens (tertiary/aromatic N) is 2. The van der Waals surface area contributed by atoms with E-state index in [2.05, 4.69) is 9.97 Å². The second kappa shape index (κ2) is 6.12. The summed E-state index contributed by atoms with van der Waals surface area (Å²) < 4.78 is 9.92. The molecular weight excluding hydrogens is 260 g/mol. The Kier molecular flexibility index (Phi) is 4.27. The molecule has 6 nitrogen and oxygen atoms in total. The van der Waals surface area contributed by atoms with Crippen molar-refractivity contribution in [3.05, 3.63) is 47.8 Å². The lowest BCUT2D eigenvalue weighted by molar-refractivity contribution is 0.0737. The number of rotatable bonds is 5. The number of carbonyl (C=O) groups excluding carboxylic acids is 1. The highest BCUT2D eigenvalue weighted by Gasteiger charge is 2.25. The molecule has 1 aromatic heterocycles. The van der Waals surface area contributed by atoms with Crippen molar-refractivity contribution >= 4 is 5.78 Å². The molecule has 6 heteroatoms. The van der Waals surface area contributed by atoms with E-state index in [9.17, 15) is 9.90 Å². The van der Waals surface area contributed by atoms with E-state index in [4.69, 9.17) is 9.47 Å². The Morgan fingerprint density at radius 3 is 2.50 bits per heavy atom. The maximum atomic E-state index is 12.3. The largest absolute Gasteiger partial charge is 0.480 e. The van der Waals surface area contributed by atoms with Gasteiger partial charge in [0, 0.05) is 0 Å². The van der Waals surface area contributed by atoms with E-state index in [1.165, 1.54) is 20.4 Å². The molecule has 2 aromatic rings. The second-order valence-electron chi connectivity index (χ2n) is 3.95. The molecule has 104 valence electrons. The number of aliphatic hydroxyl groups excluding tert-OH is 1. The first-order valence-corrected chi connectivity index (χ1v) is 5.89. The molecule has 0 aliphatic heterocycles. The zero-order valence-corrected chi connectivity index (χ0v) is 11.1. The van der Waals surface area contributed by atoms with Gasteiger partial charge in [0.05, 0.1) is 20.4 Å². The minimum atomic E-state index is -1.31. The number of aromatic nitrogens is 2. The van der Waals surface area contributed by atoms with Crippen LogP contribution in [0.1, 0.15) is 22.2 Å². The minimum absolute atomic E-state index is 0.0179. The molecule has 1 N–H and O–H groups in total. The van der Waals surface area contributed by atoms with E-state index >= 15 is 0 Å². The maximum absolute atomic E-state index is 12.3. The molecule has 0 bridgehead atoms. The highest BCUT2D eigenvalue weighted by Crippen LogP contribution is 2.23. The third-order valence-electron chi connectivity index (χ3n) is 2.72. The van der Waals surface area contributed by atoms with Crippen molar-refractivity contribution in [1.82, 2.24) is 9.97 Å². The van der Waals surface area contributed by atoms with Crippen molar-refractivity contribution < 1.29 is 19.4 Å². The molecule has 0 amide bonds. The first-order valence-electron chi connectivity index (χ1n) is 5.89. The van der Waals surface area contributed by atoms with Crippen molar-refractivity contribution in [2.45, 2.75) is 6.10 Å². The quantitative estimate of drug-likeness (QED) is 0.830. The fourth-order valence-corrected chi connectivity index (χ4v) is 1.68. The summed E-state index contributed by atoms with van der Waals surface area (Å²) in [6.45, 7) is 0. The fraction of sp³-hybridized carbons (Fsp3) is 0.214. The number of aliphatic hydroxyl groups is 1. The van der Waals surface area contributed by atoms with Crippen molar-refractivity contribution in [3.8, 4) is 11.8 Å². The molecule has 20 heavy (non-hydrogen) atoms. The molecule has 0 fully saturated rings. The van der Waals surface area contributed by atoms with Crippen LogP contribution in [0.4, 0.5) is 0 Å². The molecule has 1 atom stereocenters. The van der Waals surface area contributed by atoms with Crippen LogP contribution in [-0.4, -0.2) is 35.1 Å². The lowest BCUT2D eigenvalue weighted by atomic mass is 10.0. The smallest absolute Gasteiger partial charge is 0.246 e. The third-order valence-corrected chi connectivity index (χ3v) is 2.72. The average Bonchev–Trinajstić information content (AvgIpc) is 2.53. The molecule has 1 heterocycles. The third kappa shape index (κ3) is 2.75. The summed E-state index contributed by atoms with van der Waals surface area (Å²) in [6.07, 6.45) is -0.0132. The van der Waals surface area contributed by atoms with Gasteiger partial charge in [0.1, 0.15) is 6.10 Å². The monoisotopic (exact) mass is 274 g/mol. The van der Waals surface area contributed by atoms with Crippen LogP contribution in [-0.2, 0) is 0 Å². The lowest BCUT2D eigenvalue weighted by Gasteiger charge is -2.11. The zero-order valence-electron chi connectivity index (χ0n) is 11.1. The van der Waals surface area contributed by atoms with Crippen LogP contribution in [0.15, 0.2) is 36.5 Å². The summed E-state index contributed by atoms with van der Waals surface area (Å²) in [4.78, 5) is 20.2. The SMILES string of the molecule is COc1cnc(C(=O)C(O)c2ccccc2)c(OC)n1. The Bertz CT molecular complexity index is 601. The van der Waals surface area contributed by atoms with Crippen LogP contribution in [0, 0.1) is 0 Å². The molecule has 0 radical (unpaired) electrons. The first-order chi connectivity index (χ1) is 9.67. The summed E-state index contributed by atoms with van der Waals surface area (Å²) in [5.41, 5.74) is 0.446. The summed E-state index contributed by atoms with van der Waals surface area (Å²) in [6, 6.07) is 8.60. The maximum Gasteiger partial charge on any atom is 0.246 e. The van der Waals surface area contributed by atoms with Crippen molar-refractivity contribution in [2.75, 3.05) is 14.2 Å². The number of benzene rings is 1. The van der Waals surface area contributed by atoms with Gasteiger partial charge in [0.25, 0.3) is 0 Å². The number of carbonyl (C=O) groups is 1. The molecule has 2 rings (SSSR count). The summed E-state index contributed by atoms with van der Waals surface area (Å²) in [5, 5.41) is 10.1. The van der Waals surface area contributed by atoms with Gasteiger partial charge in [-0.25, -0.2) is 4.98 Å². The molecule has 1 unspecified atom stereocenters. The van der Waals surface area contributed by atoms with Crippen LogP contribution in [0.25, 0.3) is 0 Å². The predicted molar refractivity (Wildman–Crippen MR) is 70.9 cm³/mol. The van der Waals surface area contributed by atoms with E-state index in [-0.39, 0.29) is 17.5 Å². The molecule has 0 aliphatic carbocycles. The van der Waals surface area contributed by atoms with Gasteiger partial charge in [-0.1, -0.05) is 30.3 Å². The van der Waals surface area contributed by atoms with Crippen molar-refractivity contribution in [3.63, 3.8) is 0 Å². The van der Waals surface area contributed by atoms with E-state index < -0.39 is 11.9 Å². The molecule has 0 saturated carbocycles. The highest BCUT2D eigenvalue weighted by atomic mass is 16.5. The van der Waals surface area contributed by atoms with E-state index in [1.54, 1.807) is 30.3 Å². The van der Waals surface area contributed by atoms with Crippen LogP contribution < -0.4 is 9.47 Å². The minimum Gasteiger partial charge on any atom is -0.480 e. The first kappa shape index (κ1) is 14.0. The van der Waals surface area contributed by atoms with Crippen LogP contribution in [0.2, 0.25) is 0 Å². The Hall–Kier alpha value is -2.47. The van der Waals surface area contributed by atoms with Crippen molar-refractivity contribution in [1.29, 1.82) is 0 Å². The molecule has 1 aromatic carbocycles. The van der Waals surface area contributed by atoms with E-state index in [0.717, 1.165) is 0 Å². The molecule has 0 spiro atoms. The normalized spacial score (nSPS) is 11.8. The van der Waals surface area contributed by atoms with Gasteiger partial charge in [-0.05, 0) is 5.56 Å².